The van der Waals surface area contributed by atoms with E-state index in [1.165, 1.54) is 10.8 Å². The summed E-state index contributed by atoms with van der Waals surface area (Å²) >= 11 is 0. The minimum absolute atomic E-state index is 0.132. The number of benzene rings is 3. The fourth-order valence-corrected chi connectivity index (χ4v) is 4.06. The zero-order chi connectivity index (χ0) is 23.2. The molecule has 5 heteroatoms. The molecule has 0 aliphatic rings. The molecule has 1 heterocycles. The Morgan fingerprint density at radius 3 is 2.70 bits per heavy atom. The molecule has 33 heavy (non-hydrogen) atoms. The van der Waals surface area contributed by atoms with E-state index in [0.717, 1.165) is 39.7 Å². The highest BCUT2D eigenvalue weighted by Gasteiger charge is 2.16. The molecule has 0 bridgehead atoms. The van der Waals surface area contributed by atoms with Crippen molar-refractivity contribution < 1.29 is 18.7 Å². The standard InChI is InChI=1S/C28H29NO4/c1-4-32-14-8-13-29-28(30)15-19(2)23-16-24-25(18-33-27(24)17-26(23)31-3)22-12-7-10-20-9-5-6-11-21(20)22/h5-7,9-12,15-18H,4,8,13-14H2,1-3H3,(H,29,30)/b19-15+. The van der Waals surface area contributed by atoms with Gasteiger partial charge in [0.25, 0.3) is 0 Å². The number of ether oxygens (including phenoxy) is 2. The number of nitrogens with one attached hydrogen (secondary N) is 1. The van der Waals surface area contributed by atoms with E-state index >= 15 is 0 Å². The monoisotopic (exact) mass is 443 g/mol. The van der Waals surface area contributed by atoms with Gasteiger partial charge in [0, 0.05) is 48.4 Å². The minimum Gasteiger partial charge on any atom is -0.496 e. The lowest BCUT2D eigenvalue weighted by Crippen LogP contribution is -2.23. The van der Waals surface area contributed by atoms with Crippen LogP contribution in [0.2, 0.25) is 0 Å². The molecule has 0 saturated carbocycles. The maximum Gasteiger partial charge on any atom is 0.244 e. The molecular weight excluding hydrogens is 414 g/mol. The van der Waals surface area contributed by atoms with Crippen LogP contribution in [0.15, 0.2) is 71.4 Å². The van der Waals surface area contributed by atoms with Gasteiger partial charge in [-0.3, -0.25) is 4.79 Å². The predicted octanol–water partition coefficient (Wildman–Crippen LogP) is 6.21. The number of rotatable bonds is 9. The van der Waals surface area contributed by atoms with Crippen molar-refractivity contribution >= 4 is 33.2 Å². The first-order valence-electron chi connectivity index (χ1n) is 11.2. The lowest BCUT2D eigenvalue weighted by Gasteiger charge is -2.11. The van der Waals surface area contributed by atoms with Gasteiger partial charge in [-0.25, -0.2) is 0 Å². The van der Waals surface area contributed by atoms with Crippen LogP contribution in [0.5, 0.6) is 5.75 Å². The molecule has 5 nitrogen and oxygen atoms in total. The van der Waals surface area contributed by atoms with Crippen molar-refractivity contribution in [3.63, 3.8) is 0 Å². The largest absolute Gasteiger partial charge is 0.496 e. The summed E-state index contributed by atoms with van der Waals surface area (Å²) in [5, 5.41) is 6.23. The topological polar surface area (TPSA) is 60.7 Å². The molecule has 1 amide bonds. The molecule has 1 N–H and O–H groups in total. The van der Waals surface area contributed by atoms with Crippen LogP contribution in [0, 0.1) is 0 Å². The molecule has 3 aromatic carbocycles. The molecule has 0 spiro atoms. The first-order valence-corrected chi connectivity index (χ1v) is 11.2. The average molecular weight is 444 g/mol. The van der Waals surface area contributed by atoms with Crippen molar-refractivity contribution in [2.45, 2.75) is 20.3 Å². The smallest absolute Gasteiger partial charge is 0.244 e. The van der Waals surface area contributed by atoms with Gasteiger partial charge in [-0.1, -0.05) is 42.5 Å². The molecule has 4 aromatic rings. The number of amides is 1. The van der Waals surface area contributed by atoms with Gasteiger partial charge in [-0.2, -0.15) is 0 Å². The third-order valence-corrected chi connectivity index (χ3v) is 5.72. The normalized spacial score (nSPS) is 11.8. The van der Waals surface area contributed by atoms with Gasteiger partial charge in [0.05, 0.1) is 13.4 Å². The Hall–Kier alpha value is -3.57. The number of furan rings is 1. The number of carbonyl (C=O) groups is 1. The quantitative estimate of drug-likeness (QED) is 0.247. The molecule has 0 fully saturated rings. The zero-order valence-electron chi connectivity index (χ0n) is 19.3. The molecule has 0 atom stereocenters. The highest BCUT2D eigenvalue weighted by atomic mass is 16.5. The fraction of sp³-hybridized carbons (Fsp3) is 0.250. The number of hydrogen-bond acceptors (Lipinski definition) is 4. The molecule has 0 unspecified atom stereocenters. The average Bonchev–Trinajstić information content (AvgIpc) is 3.25. The van der Waals surface area contributed by atoms with E-state index in [9.17, 15) is 4.79 Å². The van der Waals surface area contributed by atoms with Crippen molar-refractivity contribution in [1.29, 1.82) is 0 Å². The SMILES string of the molecule is CCOCCCNC(=O)/C=C(\C)c1cc2c(-c3cccc4ccccc34)coc2cc1OC. The van der Waals surface area contributed by atoms with Gasteiger partial charge in [-0.15, -0.1) is 0 Å². The van der Waals surface area contributed by atoms with Crippen LogP contribution in [-0.4, -0.2) is 32.8 Å². The lowest BCUT2D eigenvalue weighted by molar-refractivity contribution is -0.116. The summed E-state index contributed by atoms with van der Waals surface area (Å²) in [7, 11) is 1.63. The first-order chi connectivity index (χ1) is 16.1. The van der Waals surface area contributed by atoms with Gasteiger partial charge in [0.15, 0.2) is 0 Å². The molecule has 0 aliphatic carbocycles. The minimum atomic E-state index is -0.132. The summed E-state index contributed by atoms with van der Waals surface area (Å²) in [4.78, 5) is 12.4. The van der Waals surface area contributed by atoms with E-state index in [-0.39, 0.29) is 5.91 Å². The van der Waals surface area contributed by atoms with Crippen LogP contribution in [0.1, 0.15) is 25.8 Å². The maximum absolute atomic E-state index is 12.4. The van der Waals surface area contributed by atoms with Gasteiger partial charge in [0.1, 0.15) is 11.3 Å². The molecule has 1 aromatic heterocycles. The Kier molecular flexibility index (Phi) is 7.10. The second kappa shape index (κ2) is 10.4. The van der Waals surface area contributed by atoms with Crippen LogP contribution >= 0.6 is 0 Å². The molecule has 4 rings (SSSR count). The summed E-state index contributed by atoms with van der Waals surface area (Å²) < 4.78 is 16.8. The highest BCUT2D eigenvalue weighted by molar-refractivity contribution is 6.06. The number of allylic oxidation sites excluding steroid dienone is 1. The third kappa shape index (κ3) is 4.94. The summed E-state index contributed by atoms with van der Waals surface area (Å²) in [6.45, 7) is 5.78. The summed E-state index contributed by atoms with van der Waals surface area (Å²) in [6.07, 6.45) is 4.19. The van der Waals surface area contributed by atoms with Crippen LogP contribution in [0.25, 0.3) is 38.4 Å². The summed E-state index contributed by atoms with van der Waals surface area (Å²) in [5.74, 6) is 0.534. The number of fused-ring (bicyclic) bond motifs is 2. The van der Waals surface area contributed by atoms with Gasteiger partial charge in [-0.05, 0) is 48.2 Å². The van der Waals surface area contributed by atoms with Crippen LogP contribution < -0.4 is 10.1 Å². The van der Waals surface area contributed by atoms with Crippen LogP contribution in [0.3, 0.4) is 0 Å². The van der Waals surface area contributed by atoms with Gasteiger partial charge in [0.2, 0.25) is 5.91 Å². The molecular formula is C28H29NO4. The van der Waals surface area contributed by atoms with Crippen molar-refractivity contribution in [3.8, 4) is 16.9 Å². The molecule has 0 radical (unpaired) electrons. The second-order valence-corrected chi connectivity index (χ2v) is 7.89. The van der Waals surface area contributed by atoms with Gasteiger partial charge < -0.3 is 19.2 Å². The van der Waals surface area contributed by atoms with E-state index in [0.29, 0.717) is 25.5 Å². The van der Waals surface area contributed by atoms with Crippen LogP contribution in [0.4, 0.5) is 0 Å². The molecule has 0 aliphatic heterocycles. The summed E-state index contributed by atoms with van der Waals surface area (Å²) in [6, 6.07) is 18.5. The Bertz CT molecular complexity index is 1300. The Labute approximate surface area is 194 Å². The second-order valence-electron chi connectivity index (χ2n) is 7.89. The zero-order valence-corrected chi connectivity index (χ0v) is 19.3. The lowest BCUT2D eigenvalue weighted by atomic mass is 9.96. The molecule has 170 valence electrons. The number of methoxy groups -OCH3 is 1. The Balaban J connectivity index is 1.68. The number of hydrogen-bond donors (Lipinski definition) is 1. The fourth-order valence-electron chi connectivity index (χ4n) is 4.06. The van der Waals surface area contributed by atoms with E-state index in [1.807, 2.05) is 38.1 Å². The number of carbonyl (C=O) groups excluding carboxylic acids is 1. The third-order valence-electron chi connectivity index (χ3n) is 5.72. The Morgan fingerprint density at radius 2 is 1.88 bits per heavy atom. The highest BCUT2D eigenvalue weighted by Crippen LogP contribution is 2.39. The van der Waals surface area contributed by atoms with E-state index < -0.39 is 0 Å². The summed E-state index contributed by atoms with van der Waals surface area (Å²) in [5.41, 5.74) is 4.54. The van der Waals surface area contributed by atoms with Crippen molar-refractivity contribution in [1.82, 2.24) is 5.32 Å². The maximum atomic E-state index is 12.4. The van der Waals surface area contributed by atoms with Crippen molar-refractivity contribution in [2.75, 3.05) is 26.9 Å². The van der Waals surface area contributed by atoms with E-state index in [1.54, 1.807) is 19.4 Å². The van der Waals surface area contributed by atoms with Gasteiger partial charge >= 0.3 is 0 Å². The van der Waals surface area contributed by atoms with Crippen molar-refractivity contribution in [2.24, 2.45) is 0 Å². The van der Waals surface area contributed by atoms with E-state index in [4.69, 9.17) is 13.9 Å². The van der Waals surface area contributed by atoms with E-state index in [2.05, 4.69) is 35.6 Å². The first kappa shape index (κ1) is 22.6. The van der Waals surface area contributed by atoms with Crippen molar-refractivity contribution in [3.05, 3.63) is 72.5 Å². The molecule has 0 saturated heterocycles. The van der Waals surface area contributed by atoms with Crippen LogP contribution in [-0.2, 0) is 9.53 Å². The predicted molar refractivity (Wildman–Crippen MR) is 133 cm³/mol. The Morgan fingerprint density at radius 1 is 1.06 bits per heavy atom.